The molecule has 0 N–H and O–H groups in total. The molecule has 0 atom stereocenters. The van der Waals surface area contributed by atoms with Crippen LogP contribution in [-0.4, -0.2) is 10.3 Å². The Morgan fingerprint density at radius 3 is 2.19 bits per heavy atom. The third kappa shape index (κ3) is 4.62. The highest BCUT2D eigenvalue weighted by Gasteiger charge is 2.17. The maximum atomic E-state index is 13.5. The van der Waals surface area contributed by atoms with Crippen molar-refractivity contribution < 1.29 is 13.6 Å². The maximum absolute atomic E-state index is 13.5. The van der Waals surface area contributed by atoms with Crippen molar-refractivity contribution in [1.29, 1.82) is 0 Å². The minimum absolute atomic E-state index is 0.298. The van der Waals surface area contributed by atoms with Crippen LogP contribution >= 0.6 is 0 Å². The minimum atomic E-state index is -0.301. The van der Waals surface area contributed by atoms with E-state index in [1.54, 1.807) is 24.3 Å². The summed E-state index contributed by atoms with van der Waals surface area (Å²) < 4.78 is 29.0. The monoisotopic (exact) mass is 430 g/mol. The first-order valence-electron chi connectivity index (χ1n) is 10.4. The summed E-state index contributed by atoms with van der Waals surface area (Å²) in [5.41, 5.74) is 7.28. The third-order valence-electron chi connectivity index (χ3n) is 5.38. The summed E-state index contributed by atoms with van der Waals surface area (Å²) >= 11 is 0. The molecule has 4 rings (SSSR count). The van der Waals surface area contributed by atoms with E-state index in [1.165, 1.54) is 29.8 Å². The highest BCUT2D eigenvalue weighted by Crippen LogP contribution is 2.30. The van der Waals surface area contributed by atoms with Gasteiger partial charge >= 0.3 is 0 Å². The number of aromatic nitrogens is 1. The van der Waals surface area contributed by atoms with Crippen LogP contribution in [0.1, 0.15) is 29.3 Å². The Balaban J connectivity index is 1.71. The van der Waals surface area contributed by atoms with E-state index >= 15 is 0 Å². The van der Waals surface area contributed by atoms with Gasteiger partial charge in [0.1, 0.15) is 18.2 Å². The van der Waals surface area contributed by atoms with Crippen molar-refractivity contribution >= 4 is 5.71 Å². The van der Waals surface area contributed by atoms with E-state index in [0.29, 0.717) is 6.61 Å². The number of nitrogens with zero attached hydrogens (tertiary/aromatic N) is 2. The minimum Gasteiger partial charge on any atom is -0.391 e. The molecule has 4 aromatic rings. The Bertz CT molecular complexity index is 1260. The predicted molar refractivity (Wildman–Crippen MR) is 124 cm³/mol. The van der Waals surface area contributed by atoms with Gasteiger partial charge in [0.15, 0.2) is 0 Å². The second kappa shape index (κ2) is 9.18. The Morgan fingerprint density at radius 1 is 0.875 bits per heavy atom. The normalized spacial score (nSPS) is 11.6. The lowest BCUT2D eigenvalue weighted by Gasteiger charge is -2.12. The van der Waals surface area contributed by atoms with Gasteiger partial charge in [0.05, 0.1) is 11.4 Å². The van der Waals surface area contributed by atoms with E-state index in [0.717, 1.165) is 39.5 Å². The quantitative estimate of drug-likeness (QED) is 0.239. The zero-order chi connectivity index (χ0) is 22.7. The molecule has 1 aromatic heterocycles. The van der Waals surface area contributed by atoms with Crippen LogP contribution in [0.2, 0.25) is 0 Å². The first-order chi connectivity index (χ1) is 15.4. The number of hydrogen-bond donors (Lipinski definition) is 0. The second-order valence-corrected chi connectivity index (χ2v) is 7.79. The van der Waals surface area contributed by atoms with E-state index in [9.17, 15) is 8.78 Å². The fourth-order valence-electron chi connectivity index (χ4n) is 3.78. The fourth-order valence-corrected chi connectivity index (χ4v) is 3.78. The van der Waals surface area contributed by atoms with Gasteiger partial charge in [-0.2, -0.15) is 0 Å². The largest absolute Gasteiger partial charge is 0.391 e. The Hall–Kier alpha value is -3.73. The van der Waals surface area contributed by atoms with Crippen LogP contribution in [0.25, 0.3) is 16.9 Å². The molecule has 1 heterocycles. The molecule has 162 valence electrons. The van der Waals surface area contributed by atoms with Gasteiger partial charge < -0.3 is 9.40 Å². The van der Waals surface area contributed by atoms with Crippen molar-refractivity contribution in [2.75, 3.05) is 0 Å². The molecule has 0 saturated carbocycles. The Morgan fingerprint density at radius 2 is 1.53 bits per heavy atom. The zero-order valence-corrected chi connectivity index (χ0v) is 18.3. The van der Waals surface area contributed by atoms with Gasteiger partial charge in [0.2, 0.25) is 0 Å². The van der Waals surface area contributed by atoms with E-state index in [-0.39, 0.29) is 11.6 Å². The topological polar surface area (TPSA) is 26.5 Å². The number of halogens is 2. The molecule has 0 aliphatic heterocycles. The van der Waals surface area contributed by atoms with Crippen molar-refractivity contribution in [3.63, 3.8) is 0 Å². The molecule has 3 aromatic carbocycles. The molecule has 0 spiro atoms. The third-order valence-corrected chi connectivity index (χ3v) is 5.38. The van der Waals surface area contributed by atoms with Gasteiger partial charge in [0, 0.05) is 16.9 Å². The highest BCUT2D eigenvalue weighted by atomic mass is 19.1. The van der Waals surface area contributed by atoms with Crippen LogP contribution in [0.4, 0.5) is 8.78 Å². The first-order valence-corrected chi connectivity index (χ1v) is 10.4. The van der Waals surface area contributed by atoms with E-state index < -0.39 is 0 Å². The lowest BCUT2D eigenvalue weighted by Crippen LogP contribution is -2.02. The van der Waals surface area contributed by atoms with Crippen LogP contribution in [0.15, 0.2) is 84.0 Å². The number of oxime groups is 1. The lowest BCUT2D eigenvalue weighted by molar-refractivity contribution is 0.130. The Kier molecular flexibility index (Phi) is 6.17. The first kappa shape index (κ1) is 21.5. The molecule has 0 unspecified atom stereocenters. The number of hydrogen-bond acceptors (Lipinski definition) is 2. The molecule has 0 fully saturated rings. The molecule has 5 heteroatoms. The van der Waals surface area contributed by atoms with Crippen molar-refractivity contribution in [3.8, 4) is 16.9 Å². The average Bonchev–Trinajstić information content (AvgIpc) is 3.12. The molecule has 0 aliphatic rings. The molecule has 0 radical (unpaired) electrons. The van der Waals surface area contributed by atoms with Crippen molar-refractivity contribution in [3.05, 3.63) is 113 Å². The van der Waals surface area contributed by atoms with Crippen molar-refractivity contribution in [2.45, 2.75) is 27.4 Å². The van der Waals surface area contributed by atoms with Gasteiger partial charge in [-0.3, -0.25) is 0 Å². The molecule has 0 bridgehead atoms. The molecular weight excluding hydrogens is 406 g/mol. The van der Waals surface area contributed by atoms with E-state index in [4.69, 9.17) is 4.84 Å². The van der Waals surface area contributed by atoms with Crippen molar-refractivity contribution in [2.24, 2.45) is 5.16 Å². The zero-order valence-electron chi connectivity index (χ0n) is 18.3. The van der Waals surface area contributed by atoms with E-state index in [2.05, 4.69) is 11.2 Å². The van der Waals surface area contributed by atoms with Crippen LogP contribution in [0.5, 0.6) is 0 Å². The fraction of sp³-hybridized carbons (Fsp3) is 0.148. The van der Waals surface area contributed by atoms with Gasteiger partial charge in [-0.15, -0.1) is 0 Å². The summed E-state index contributed by atoms with van der Waals surface area (Å²) in [6.07, 6.45) is 0. The average molecular weight is 430 g/mol. The molecular formula is C27H24F2N2O. The predicted octanol–water partition coefficient (Wildman–Crippen LogP) is 6.98. The van der Waals surface area contributed by atoms with Crippen LogP contribution in [0, 0.1) is 25.5 Å². The Labute approximate surface area is 186 Å². The number of rotatable bonds is 6. The summed E-state index contributed by atoms with van der Waals surface area (Å²) in [6, 6.07) is 22.7. The summed E-state index contributed by atoms with van der Waals surface area (Å²) in [5.74, 6) is -0.600. The summed E-state index contributed by atoms with van der Waals surface area (Å²) in [7, 11) is 0. The van der Waals surface area contributed by atoms with Gasteiger partial charge in [0.25, 0.3) is 0 Å². The number of benzene rings is 3. The van der Waals surface area contributed by atoms with Gasteiger partial charge in [-0.25, -0.2) is 8.78 Å². The lowest BCUT2D eigenvalue weighted by atomic mass is 10.1. The molecule has 0 amide bonds. The SMILES string of the molecule is C/C(=N/OCc1cccc(C)c1)c1cc(-c2ccc(F)cc2)n(-c2ccc(F)cc2)c1C. The highest BCUT2D eigenvalue weighted by molar-refractivity contribution is 6.01. The molecule has 0 saturated heterocycles. The summed E-state index contributed by atoms with van der Waals surface area (Å²) in [5, 5.41) is 4.33. The summed E-state index contributed by atoms with van der Waals surface area (Å²) in [4.78, 5) is 5.62. The van der Waals surface area contributed by atoms with Crippen LogP contribution < -0.4 is 0 Å². The van der Waals surface area contributed by atoms with Crippen molar-refractivity contribution in [1.82, 2.24) is 4.57 Å². The maximum Gasteiger partial charge on any atom is 0.142 e. The molecule has 3 nitrogen and oxygen atoms in total. The molecule has 32 heavy (non-hydrogen) atoms. The summed E-state index contributed by atoms with van der Waals surface area (Å²) in [6.45, 7) is 6.28. The number of aryl methyl sites for hydroxylation is 1. The van der Waals surface area contributed by atoms with Gasteiger partial charge in [-0.1, -0.05) is 35.0 Å². The molecule has 0 aliphatic carbocycles. The smallest absolute Gasteiger partial charge is 0.142 e. The van der Waals surface area contributed by atoms with Crippen LogP contribution in [-0.2, 0) is 11.4 Å². The second-order valence-electron chi connectivity index (χ2n) is 7.79. The standard InChI is InChI=1S/C27H24F2N2O/c1-18-5-4-6-21(15-18)17-32-30-19(2)26-16-27(22-7-9-23(28)10-8-22)31(20(26)3)25-13-11-24(29)12-14-25/h4-16H,17H2,1-3H3/b30-19-. The van der Waals surface area contributed by atoms with Gasteiger partial charge in [-0.05, 0) is 86.5 Å². The van der Waals surface area contributed by atoms with Crippen LogP contribution in [0.3, 0.4) is 0 Å². The van der Waals surface area contributed by atoms with E-state index in [1.807, 2.05) is 49.6 Å².